The topological polar surface area (TPSA) is 12.9 Å². The Labute approximate surface area is 134 Å². The molecule has 1 aromatic heterocycles. The molecule has 0 aliphatic carbocycles. The third-order valence-electron chi connectivity index (χ3n) is 3.12. The summed E-state index contributed by atoms with van der Waals surface area (Å²) in [5.41, 5.74) is 1.45. The quantitative estimate of drug-likeness (QED) is 0.545. The highest BCUT2D eigenvalue weighted by atomic mass is 35.5. The zero-order valence-corrected chi connectivity index (χ0v) is 12.6. The number of rotatable bonds is 2. The highest BCUT2D eigenvalue weighted by Crippen LogP contribution is 2.39. The molecule has 0 unspecified atom stereocenters. The number of hydrogen-bond donors (Lipinski definition) is 0. The van der Waals surface area contributed by atoms with Gasteiger partial charge in [-0.3, -0.25) is 0 Å². The molecule has 0 bridgehead atoms. The molecule has 1 heterocycles. The number of alkyl halides is 3. The van der Waals surface area contributed by atoms with Crippen molar-refractivity contribution in [1.82, 2.24) is 4.98 Å². The van der Waals surface area contributed by atoms with Gasteiger partial charge in [0.25, 0.3) is 0 Å². The van der Waals surface area contributed by atoms with E-state index in [-0.39, 0.29) is 0 Å². The van der Waals surface area contributed by atoms with Gasteiger partial charge in [0.1, 0.15) is 0 Å². The summed E-state index contributed by atoms with van der Waals surface area (Å²) in [5, 5.41) is 0. The summed E-state index contributed by atoms with van der Waals surface area (Å²) in [5.74, 6) is 0. The number of aromatic nitrogens is 1. The van der Waals surface area contributed by atoms with Crippen LogP contribution in [0.4, 0.5) is 13.2 Å². The van der Waals surface area contributed by atoms with Gasteiger partial charge in [0.15, 0.2) is 4.47 Å². The molecule has 0 atom stereocenters. The molecule has 112 valence electrons. The molecule has 0 fully saturated rings. The first-order valence-corrected chi connectivity index (χ1v) is 7.54. The van der Waals surface area contributed by atoms with Gasteiger partial charge in [0, 0.05) is 5.56 Å². The van der Waals surface area contributed by atoms with Gasteiger partial charge >= 0.3 is 6.18 Å². The lowest BCUT2D eigenvalue weighted by atomic mass is 10.1. The van der Waals surface area contributed by atoms with E-state index < -0.39 is 11.7 Å². The van der Waals surface area contributed by atoms with E-state index in [1.165, 1.54) is 23.5 Å². The number of halogens is 4. The van der Waals surface area contributed by atoms with Crippen molar-refractivity contribution in [3.05, 3.63) is 64.6 Å². The molecule has 2 aromatic carbocycles. The standard InChI is InChI=1S/C16H9ClF3NS/c17-15-21-13(14(22-15)11-4-2-1-3-5-11)10-6-8-12(9-7-10)16(18,19)20/h1-9H. The van der Waals surface area contributed by atoms with Crippen molar-refractivity contribution in [3.63, 3.8) is 0 Å². The number of hydrogen-bond acceptors (Lipinski definition) is 2. The van der Waals surface area contributed by atoms with E-state index >= 15 is 0 Å². The molecule has 22 heavy (non-hydrogen) atoms. The second kappa shape index (κ2) is 5.74. The molecule has 0 amide bonds. The fourth-order valence-corrected chi connectivity index (χ4v) is 3.23. The SMILES string of the molecule is FC(F)(F)c1ccc(-c2nc(Cl)sc2-c2ccccc2)cc1. The van der Waals surface area contributed by atoms with Crippen LogP contribution >= 0.6 is 22.9 Å². The molecule has 3 aromatic rings. The monoisotopic (exact) mass is 339 g/mol. The van der Waals surface area contributed by atoms with E-state index in [2.05, 4.69) is 4.98 Å². The minimum atomic E-state index is -4.35. The van der Waals surface area contributed by atoms with E-state index in [1.807, 2.05) is 30.3 Å². The van der Waals surface area contributed by atoms with Crippen molar-refractivity contribution < 1.29 is 13.2 Å². The van der Waals surface area contributed by atoms with Crippen molar-refractivity contribution in [2.24, 2.45) is 0 Å². The van der Waals surface area contributed by atoms with Crippen molar-refractivity contribution in [2.75, 3.05) is 0 Å². The molecule has 0 aliphatic heterocycles. The van der Waals surface area contributed by atoms with Crippen LogP contribution in [-0.2, 0) is 6.18 Å². The second-order valence-electron chi connectivity index (χ2n) is 4.59. The predicted octanol–water partition coefficient (Wildman–Crippen LogP) is 6.15. The molecular weight excluding hydrogens is 331 g/mol. The molecular formula is C16H9ClF3NS. The summed E-state index contributed by atoms with van der Waals surface area (Å²) in [7, 11) is 0. The number of nitrogens with zero attached hydrogens (tertiary/aromatic N) is 1. The summed E-state index contributed by atoms with van der Waals surface area (Å²) in [6, 6.07) is 14.4. The van der Waals surface area contributed by atoms with Crippen LogP contribution in [0.3, 0.4) is 0 Å². The first-order chi connectivity index (χ1) is 10.4. The first kappa shape index (κ1) is 15.1. The van der Waals surface area contributed by atoms with Crippen LogP contribution in [0.2, 0.25) is 4.47 Å². The highest BCUT2D eigenvalue weighted by molar-refractivity contribution is 7.19. The van der Waals surface area contributed by atoms with Gasteiger partial charge in [-0.15, -0.1) is 11.3 Å². The van der Waals surface area contributed by atoms with E-state index in [0.29, 0.717) is 15.7 Å². The van der Waals surface area contributed by atoms with Gasteiger partial charge in [-0.2, -0.15) is 13.2 Å². The summed E-state index contributed by atoms with van der Waals surface area (Å²) >= 11 is 7.30. The Bertz CT molecular complexity index is 779. The largest absolute Gasteiger partial charge is 0.416 e. The van der Waals surface area contributed by atoms with Crippen LogP contribution in [0, 0.1) is 0 Å². The molecule has 0 saturated carbocycles. The van der Waals surface area contributed by atoms with Crippen LogP contribution in [0.1, 0.15) is 5.56 Å². The molecule has 0 radical (unpaired) electrons. The van der Waals surface area contributed by atoms with Crippen LogP contribution in [0.15, 0.2) is 54.6 Å². The smallest absolute Gasteiger partial charge is 0.224 e. The maximum absolute atomic E-state index is 12.6. The molecule has 3 rings (SSSR count). The number of thiazole rings is 1. The van der Waals surface area contributed by atoms with Gasteiger partial charge in [0.05, 0.1) is 16.1 Å². The maximum Gasteiger partial charge on any atom is 0.416 e. The fourth-order valence-electron chi connectivity index (χ4n) is 2.09. The Morgan fingerprint density at radius 1 is 0.864 bits per heavy atom. The zero-order valence-electron chi connectivity index (χ0n) is 11.1. The summed E-state index contributed by atoms with van der Waals surface area (Å²) in [6.45, 7) is 0. The molecule has 1 nitrogen and oxygen atoms in total. The lowest BCUT2D eigenvalue weighted by Gasteiger charge is -2.07. The lowest BCUT2D eigenvalue weighted by Crippen LogP contribution is -2.04. The first-order valence-electron chi connectivity index (χ1n) is 6.34. The van der Waals surface area contributed by atoms with Crippen molar-refractivity contribution >= 4 is 22.9 Å². The van der Waals surface area contributed by atoms with Crippen LogP contribution in [0.25, 0.3) is 21.7 Å². The van der Waals surface area contributed by atoms with E-state index in [0.717, 1.165) is 22.6 Å². The normalized spacial score (nSPS) is 11.6. The van der Waals surface area contributed by atoms with Crippen LogP contribution in [-0.4, -0.2) is 4.98 Å². The minimum Gasteiger partial charge on any atom is -0.224 e. The second-order valence-corrected chi connectivity index (χ2v) is 6.17. The molecule has 0 spiro atoms. The molecule has 0 aliphatic rings. The Morgan fingerprint density at radius 2 is 1.50 bits per heavy atom. The van der Waals surface area contributed by atoms with Crippen molar-refractivity contribution in [3.8, 4) is 21.7 Å². The van der Waals surface area contributed by atoms with Crippen molar-refractivity contribution in [2.45, 2.75) is 6.18 Å². The lowest BCUT2D eigenvalue weighted by molar-refractivity contribution is -0.137. The van der Waals surface area contributed by atoms with Crippen LogP contribution < -0.4 is 0 Å². The number of benzene rings is 2. The minimum absolute atomic E-state index is 0.355. The van der Waals surface area contributed by atoms with Gasteiger partial charge in [-0.1, -0.05) is 54.1 Å². The fraction of sp³-hybridized carbons (Fsp3) is 0.0625. The maximum atomic E-state index is 12.6. The Kier molecular flexibility index (Phi) is 3.93. The Hall–Kier alpha value is -1.85. The van der Waals surface area contributed by atoms with Gasteiger partial charge in [-0.25, -0.2) is 4.98 Å². The highest BCUT2D eigenvalue weighted by Gasteiger charge is 2.30. The predicted molar refractivity (Wildman–Crippen MR) is 83.0 cm³/mol. The summed E-state index contributed by atoms with van der Waals surface area (Å²) in [4.78, 5) is 5.09. The van der Waals surface area contributed by atoms with Gasteiger partial charge in [0.2, 0.25) is 0 Å². The molecule has 0 N–H and O–H groups in total. The van der Waals surface area contributed by atoms with E-state index in [9.17, 15) is 13.2 Å². The van der Waals surface area contributed by atoms with Crippen LogP contribution in [0.5, 0.6) is 0 Å². The summed E-state index contributed by atoms with van der Waals surface area (Å²) < 4.78 is 38.3. The third kappa shape index (κ3) is 3.00. The summed E-state index contributed by atoms with van der Waals surface area (Å²) in [6.07, 6.45) is -4.35. The Balaban J connectivity index is 2.06. The van der Waals surface area contributed by atoms with E-state index in [1.54, 1.807) is 0 Å². The van der Waals surface area contributed by atoms with Gasteiger partial charge in [-0.05, 0) is 17.7 Å². The molecule has 6 heteroatoms. The Morgan fingerprint density at radius 3 is 2.09 bits per heavy atom. The van der Waals surface area contributed by atoms with Crippen molar-refractivity contribution in [1.29, 1.82) is 0 Å². The average Bonchev–Trinajstić information content (AvgIpc) is 2.89. The zero-order chi connectivity index (χ0) is 15.7. The van der Waals surface area contributed by atoms with E-state index in [4.69, 9.17) is 11.6 Å². The van der Waals surface area contributed by atoms with Gasteiger partial charge < -0.3 is 0 Å². The molecule has 0 saturated heterocycles. The average molecular weight is 340 g/mol. The third-order valence-corrected chi connectivity index (χ3v) is 4.33.